The molecule has 3 heterocycles. The van der Waals surface area contributed by atoms with Crippen LogP contribution in [0, 0.1) is 0 Å². The second-order valence-electron chi connectivity index (χ2n) is 12.2. The first-order chi connectivity index (χ1) is 25.1. The van der Waals surface area contributed by atoms with Crippen LogP contribution in [0.3, 0.4) is 0 Å². The molecule has 0 bridgehead atoms. The molecule has 17 atom stereocenters. The maximum Gasteiger partial charge on any atom is 0.474 e. The Bertz CT molecular complexity index is 1390. The number of hydrogen-bond acceptors (Lipinski definition) is 23. The van der Waals surface area contributed by atoms with E-state index < -0.39 is 145 Å². The highest BCUT2D eigenvalue weighted by molar-refractivity contribution is 7.47. The van der Waals surface area contributed by atoms with Gasteiger partial charge in [0.25, 0.3) is 0 Å². The van der Waals surface area contributed by atoms with E-state index in [0.29, 0.717) is 0 Å². The van der Waals surface area contributed by atoms with Crippen LogP contribution in [0.15, 0.2) is 9.98 Å². The Morgan fingerprint density at radius 2 is 1.15 bits per heavy atom. The van der Waals surface area contributed by atoms with Gasteiger partial charge in [-0.05, 0) is 25.6 Å². The Morgan fingerprint density at radius 1 is 0.722 bits per heavy atom. The molecule has 3 fully saturated rings. The molecule has 3 aliphatic rings. The molecule has 3 aliphatic heterocycles. The maximum absolute atomic E-state index is 13.1. The van der Waals surface area contributed by atoms with Crippen molar-refractivity contribution >= 4 is 33.3 Å². The number of phosphoric ester groups is 2. The zero-order valence-electron chi connectivity index (χ0n) is 28.9. The molecular weight excluding hydrogens is 782 g/mol. The first-order valence-corrected chi connectivity index (χ1v) is 19.1. The van der Waals surface area contributed by atoms with Gasteiger partial charge >= 0.3 is 15.6 Å². The third kappa shape index (κ3) is 12.6. The van der Waals surface area contributed by atoms with Gasteiger partial charge in [0.2, 0.25) is 5.91 Å². The number of rotatable bonds is 17. The topological polar surface area (TPSA) is 416 Å². The van der Waals surface area contributed by atoms with Gasteiger partial charge in [-0.15, -0.1) is 0 Å². The highest BCUT2D eigenvalue weighted by Gasteiger charge is 2.51. The van der Waals surface area contributed by atoms with Crippen LogP contribution in [0.1, 0.15) is 20.8 Å². The lowest BCUT2D eigenvalue weighted by Gasteiger charge is -2.43. The SMILES string of the molecule is CC(=O)N[C@@H]1[C@@H](OP(=O)(O)OC[C@H]2O[C@H](OCCN)[C@@H](N=C(C)[O-])[C@@H](O)[C@@H]2O)O[C@H](COP(=O)(O)O[C@H]2O[C@H](CO)[C@@H](O)[C@H](O)[C@@H]2N=C(C)[O-])[C@@H](O)[C@@H]1O. The van der Waals surface area contributed by atoms with E-state index in [1.807, 2.05) is 0 Å². The van der Waals surface area contributed by atoms with Gasteiger partial charge in [-0.25, -0.2) is 9.13 Å². The molecule has 1 amide bonds. The average molecular weight is 829 g/mol. The largest absolute Gasteiger partial charge is 0.862 e. The summed E-state index contributed by atoms with van der Waals surface area (Å²) in [6.45, 7) is -0.241. The van der Waals surface area contributed by atoms with E-state index in [1.165, 1.54) is 0 Å². The Balaban J connectivity index is 1.74. The standard InChI is InChI=1S/C26H48N4O22P2/c1-9(32)28-15-21(38)19(36)13(49-24(15)45-5-4-27)7-46-54(43,44)52-26-17(30-11(3)34)23(40)20(37)14(50-26)8-47-53(41,42)51-25-16(29-10(2)33)22(39)18(35)12(6-31)48-25/h12-26,31,35-40H,4-8,27H2,1-3H3,(H,28,32)(H,29,33)(H,30,34)(H,41,42)(H,43,44)/p-2/t12-,13-,14-,15+,16+,17+,18-,19-,20-,21-,22-,23-,24+,25-,26-/m1/s1. The number of ether oxygens (including phenoxy) is 4. The van der Waals surface area contributed by atoms with Crippen LogP contribution in [0.4, 0.5) is 0 Å². The van der Waals surface area contributed by atoms with Crippen molar-refractivity contribution in [1.82, 2.24) is 5.32 Å². The van der Waals surface area contributed by atoms with E-state index in [4.69, 9.17) is 42.8 Å². The monoisotopic (exact) mass is 828 g/mol. The van der Waals surface area contributed by atoms with E-state index >= 15 is 0 Å². The van der Waals surface area contributed by atoms with Gasteiger partial charge in [0.05, 0.1) is 26.4 Å². The summed E-state index contributed by atoms with van der Waals surface area (Å²) in [4.78, 5) is 40.0. The Kier molecular flexibility index (Phi) is 17.3. The zero-order chi connectivity index (χ0) is 40.7. The Hall–Kier alpha value is -1.85. The summed E-state index contributed by atoms with van der Waals surface area (Å²) in [5, 5.41) is 97.9. The smallest absolute Gasteiger partial charge is 0.474 e. The van der Waals surface area contributed by atoms with E-state index in [2.05, 4.69) is 15.3 Å². The number of carbonyl (C=O) groups is 1. The van der Waals surface area contributed by atoms with Crippen molar-refractivity contribution < 1.29 is 107 Å². The van der Waals surface area contributed by atoms with E-state index in [9.17, 15) is 69.7 Å². The number of aliphatic imine (C=N–C) groups is 2. The van der Waals surface area contributed by atoms with Crippen molar-refractivity contribution in [3.05, 3.63) is 0 Å². The van der Waals surface area contributed by atoms with Gasteiger partial charge in [-0.2, -0.15) is 0 Å². The third-order valence-corrected chi connectivity index (χ3v) is 9.83. The van der Waals surface area contributed by atoms with Crippen molar-refractivity contribution in [3.63, 3.8) is 0 Å². The molecule has 0 saturated carbocycles. The number of aliphatic hydroxyl groups is 7. The molecule has 0 aliphatic carbocycles. The maximum atomic E-state index is 13.1. The fourth-order valence-corrected chi connectivity index (χ4v) is 7.10. The van der Waals surface area contributed by atoms with Crippen LogP contribution in [-0.2, 0) is 51.0 Å². The molecule has 3 rings (SSSR count). The lowest BCUT2D eigenvalue weighted by molar-refractivity contribution is -0.268. The molecule has 28 heteroatoms. The van der Waals surface area contributed by atoms with Crippen molar-refractivity contribution in [3.8, 4) is 0 Å². The second kappa shape index (κ2) is 20.0. The predicted molar refractivity (Wildman–Crippen MR) is 169 cm³/mol. The summed E-state index contributed by atoms with van der Waals surface area (Å²) < 4.78 is 67.1. The minimum absolute atomic E-state index is 0.0224. The number of nitrogens with zero attached hydrogens (tertiary/aromatic N) is 2. The van der Waals surface area contributed by atoms with Crippen LogP contribution >= 0.6 is 15.6 Å². The van der Waals surface area contributed by atoms with Crippen molar-refractivity contribution in [2.45, 2.75) is 113 Å². The van der Waals surface area contributed by atoms with E-state index in [-0.39, 0.29) is 13.2 Å². The quantitative estimate of drug-likeness (QED) is 0.0368. The molecule has 54 heavy (non-hydrogen) atoms. The van der Waals surface area contributed by atoms with Gasteiger partial charge < -0.3 is 85.7 Å². The summed E-state index contributed by atoms with van der Waals surface area (Å²) in [6, 6.07) is -5.01. The van der Waals surface area contributed by atoms with Crippen molar-refractivity contribution in [2.24, 2.45) is 15.7 Å². The summed E-state index contributed by atoms with van der Waals surface area (Å²) in [5.41, 5.74) is 5.42. The van der Waals surface area contributed by atoms with E-state index in [1.54, 1.807) is 0 Å². The van der Waals surface area contributed by atoms with Crippen LogP contribution < -0.4 is 21.3 Å². The Labute approximate surface area is 306 Å². The number of aliphatic hydroxyl groups excluding tert-OH is 7. The predicted octanol–water partition coefficient (Wildman–Crippen LogP) is -7.64. The highest BCUT2D eigenvalue weighted by atomic mass is 31.2. The zero-order valence-corrected chi connectivity index (χ0v) is 30.7. The minimum atomic E-state index is -5.39. The summed E-state index contributed by atoms with van der Waals surface area (Å²) in [5.74, 6) is -2.50. The van der Waals surface area contributed by atoms with Gasteiger partial charge in [0, 0.05) is 13.5 Å². The third-order valence-electron chi connectivity index (χ3n) is 7.93. The van der Waals surface area contributed by atoms with Crippen molar-refractivity contribution in [2.75, 3.05) is 33.0 Å². The molecule has 314 valence electrons. The first-order valence-electron chi connectivity index (χ1n) is 16.1. The van der Waals surface area contributed by atoms with Crippen LogP contribution in [-0.4, -0.2) is 188 Å². The molecule has 0 aromatic heterocycles. The number of nitrogens with two attached hydrogens (primary N) is 1. The highest BCUT2D eigenvalue weighted by Crippen LogP contribution is 2.49. The first kappa shape index (κ1) is 46.5. The number of hydrogen-bond donors (Lipinski definition) is 11. The fraction of sp³-hybridized carbons (Fsp3) is 0.885. The summed E-state index contributed by atoms with van der Waals surface area (Å²) in [6.07, 6.45) is -22.3. The second-order valence-corrected chi connectivity index (χ2v) is 15.0. The average Bonchev–Trinajstić information content (AvgIpc) is 3.07. The lowest BCUT2D eigenvalue weighted by Crippen LogP contribution is -2.64. The summed E-state index contributed by atoms with van der Waals surface area (Å²) >= 11 is 0. The molecule has 12 N–H and O–H groups in total. The van der Waals surface area contributed by atoms with Gasteiger partial charge in [-0.1, -0.05) is 0 Å². The van der Waals surface area contributed by atoms with Crippen LogP contribution in [0.2, 0.25) is 0 Å². The molecular formula is C26H46N4O22P2-2. The molecule has 0 aromatic carbocycles. The molecule has 0 spiro atoms. The number of amides is 1. The molecule has 3 saturated heterocycles. The fourth-order valence-electron chi connectivity index (χ4n) is 5.43. The van der Waals surface area contributed by atoms with Gasteiger partial charge in [0.15, 0.2) is 18.9 Å². The van der Waals surface area contributed by atoms with Gasteiger partial charge in [-0.3, -0.25) is 32.9 Å². The number of carbonyl (C=O) groups excluding carboxylic acids is 1. The summed E-state index contributed by atoms with van der Waals surface area (Å²) in [7, 11) is -10.8. The van der Waals surface area contributed by atoms with E-state index in [0.717, 1.165) is 20.8 Å². The number of nitrogens with one attached hydrogen (secondary N) is 1. The molecule has 2 unspecified atom stereocenters. The minimum Gasteiger partial charge on any atom is -0.862 e. The number of phosphoric acid groups is 2. The van der Waals surface area contributed by atoms with Crippen LogP contribution in [0.25, 0.3) is 0 Å². The molecule has 0 radical (unpaired) electrons. The molecule has 26 nitrogen and oxygen atoms in total. The van der Waals surface area contributed by atoms with Gasteiger partial charge in [0.1, 0.15) is 73.1 Å². The normalized spacial score (nSPS) is 40.4. The van der Waals surface area contributed by atoms with Crippen molar-refractivity contribution in [1.29, 1.82) is 0 Å². The Morgan fingerprint density at radius 3 is 1.61 bits per heavy atom. The molecule has 0 aromatic rings. The van der Waals surface area contributed by atoms with Crippen LogP contribution in [0.5, 0.6) is 0 Å². The lowest BCUT2D eigenvalue weighted by atomic mass is 9.97.